The predicted octanol–water partition coefficient (Wildman–Crippen LogP) is 2.30. The van der Waals surface area contributed by atoms with E-state index >= 15 is 0 Å². The maximum absolute atomic E-state index is 12.9. The van der Waals surface area contributed by atoms with E-state index in [-0.39, 0.29) is 12.8 Å². The Labute approximate surface area is 174 Å². The number of hydrogen-bond acceptors (Lipinski definition) is 7. The Kier molecular flexibility index (Phi) is 5.96. The molecule has 158 valence electrons. The lowest BCUT2D eigenvalue weighted by Crippen LogP contribution is -2.60. The van der Waals surface area contributed by atoms with Gasteiger partial charge in [0.15, 0.2) is 17.8 Å². The number of carbonyl (C=O) groups excluding carboxylic acids is 2. The summed E-state index contributed by atoms with van der Waals surface area (Å²) in [5.41, 5.74) is -1.04. The molecule has 2 aromatic carbocycles. The molecule has 1 fully saturated rings. The number of nitrogens with zero attached hydrogens (tertiary/aromatic N) is 1. The molecule has 8 nitrogen and oxygen atoms in total. The quantitative estimate of drug-likeness (QED) is 0.400. The van der Waals surface area contributed by atoms with Crippen LogP contribution in [0.4, 0.5) is 5.69 Å². The topological polar surface area (TPSA) is 102 Å². The lowest BCUT2D eigenvalue weighted by Gasteiger charge is -2.37. The van der Waals surface area contributed by atoms with Gasteiger partial charge in [0.1, 0.15) is 0 Å². The average Bonchev–Trinajstić information content (AvgIpc) is 3.19. The van der Waals surface area contributed by atoms with Gasteiger partial charge in [-0.3, -0.25) is 9.59 Å². The number of benzene rings is 2. The maximum atomic E-state index is 12.9. The van der Waals surface area contributed by atoms with E-state index < -0.39 is 23.2 Å². The summed E-state index contributed by atoms with van der Waals surface area (Å²) in [5, 5.41) is 10.3. The van der Waals surface area contributed by atoms with Gasteiger partial charge in [-0.2, -0.15) is 0 Å². The molecule has 2 atom stereocenters. The fourth-order valence-electron chi connectivity index (χ4n) is 4.25. The Morgan fingerprint density at radius 2 is 1.67 bits per heavy atom. The van der Waals surface area contributed by atoms with Crippen molar-refractivity contribution in [1.29, 1.82) is 0 Å². The van der Waals surface area contributed by atoms with Crippen molar-refractivity contribution < 1.29 is 33.7 Å². The maximum Gasteiger partial charge on any atom is 0.338 e. The zero-order valence-electron chi connectivity index (χ0n) is 17.0. The fourth-order valence-corrected chi connectivity index (χ4v) is 4.25. The van der Waals surface area contributed by atoms with Crippen LogP contribution >= 0.6 is 0 Å². The molecule has 1 heterocycles. The molecule has 0 aromatic heterocycles. The number of aliphatic carboxylic acids is 1. The van der Waals surface area contributed by atoms with E-state index in [1.807, 2.05) is 0 Å². The second-order valence-corrected chi connectivity index (χ2v) is 6.84. The van der Waals surface area contributed by atoms with Gasteiger partial charge in [-0.15, -0.1) is 0 Å². The van der Waals surface area contributed by atoms with Crippen LogP contribution in [0.3, 0.4) is 0 Å². The van der Waals surface area contributed by atoms with Crippen LogP contribution in [0, 0.1) is 0 Å². The molecule has 1 saturated heterocycles. The highest BCUT2D eigenvalue weighted by Gasteiger charge is 2.60. The number of hydrogen-bond donors (Lipinski definition) is 1. The molecule has 30 heavy (non-hydrogen) atoms. The summed E-state index contributed by atoms with van der Waals surface area (Å²) in [6, 6.07) is 12.0. The summed E-state index contributed by atoms with van der Waals surface area (Å²) in [6.07, 6.45) is 0.451. The van der Waals surface area contributed by atoms with Gasteiger partial charge in [0.25, 0.3) is 0 Å². The highest BCUT2D eigenvalue weighted by atomic mass is 16.5. The first-order chi connectivity index (χ1) is 14.4. The Hall–Kier alpha value is -3.55. The van der Waals surface area contributed by atoms with E-state index in [0.29, 0.717) is 34.9 Å². The molecule has 3 rings (SSSR count). The van der Waals surface area contributed by atoms with Crippen molar-refractivity contribution in [2.24, 2.45) is 0 Å². The number of carboxylic acid groups (broad SMARTS) is 1. The predicted molar refractivity (Wildman–Crippen MR) is 109 cm³/mol. The zero-order chi connectivity index (χ0) is 21.9. The summed E-state index contributed by atoms with van der Waals surface area (Å²) >= 11 is 0. The summed E-state index contributed by atoms with van der Waals surface area (Å²) in [6.45, 7) is 0.240. The highest BCUT2D eigenvalue weighted by Crippen LogP contribution is 2.49. The van der Waals surface area contributed by atoms with Gasteiger partial charge in [0.2, 0.25) is 17.1 Å². The van der Waals surface area contributed by atoms with Gasteiger partial charge in [-0.1, -0.05) is 30.3 Å². The third kappa shape index (κ3) is 3.14. The molecule has 1 aliphatic rings. The van der Waals surface area contributed by atoms with Gasteiger partial charge in [-0.05, 0) is 12.0 Å². The van der Waals surface area contributed by atoms with Crippen LogP contribution in [0.25, 0.3) is 0 Å². The van der Waals surface area contributed by atoms with Crippen LogP contribution in [0.15, 0.2) is 42.5 Å². The third-order valence-electron chi connectivity index (χ3n) is 5.54. The number of Topliss-reactive ketones (excluding diaryl/α,β-unsaturated/α-hetero) is 1. The average molecular weight is 413 g/mol. The molecule has 0 amide bonds. The number of carboxylic acids is 1. The van der Waals surface area contributed by atoms with E-state index in [4.69, 9.17) is 14.2 Å². The minimum atomic E-state index is -2.09. The van der Waals surface area contributed by atoms with Crippen molar-refractivity contribution in [2.75, 3.05) is 32.8 Å². The van der Waals surface area contributed by atoms with Crippen molar-refractivity contribution in [1.82, 2.24) is 0 Å². The summed E-state index contributed by atoms with van der Waals surface area (Å²) in [4.78, 5) is 38.5. The number of ketones is 1. The van der Waals surface area contributed by atoms with Gasteiger partial charge in [-0.25, -0.2) is 4.79 Å². The van der Waals surface area contributed by atoms with Crippen LogP contribution in [-0.4, -0.2) is 56.6 Å². The fraction of sp³-hybridized carbons (Fsp3) is 0.318. The molecule has 1 aliphatic heterocycles. The Morgan fingerprint density at radius 3 is 2.13 bits per heavy atom. The van der Waals surface area contributed by atoms with Gasteiger partial charge in [0.05, 0.1) is 21.3 Å². The first kappa shape index (κ1) is 21.2. The number of anilines is 1. The second-order valence-electron chi connectivity index (χ2n) is 6.84. The number of ether oxygens (including phenoxy) is 3. The van der Waals surface area contributed by atoms with Gasteiger partial charge in [0, 0.05) is 30.3 Å². The van der Waals surface area contributed by atoms with E-state index in [1.54, 1.807) is 42.5 Å². The molecule has 0 radical (unpaired) electrons. The number of carbonyl (C=O) groups is 3. The van der Waals surface area contributed by atoms with Crippen molar-refractivity contribution >= 4 is 23.7 Å². The zero-order valence-corrected chi connectivity index (χ0v) is 17.0. The molecule has 0 spiro atoms. The summed E-state index contributed by atoms with van der Waals surface area (Å²) in [5.74, 6) is -2.16. The molecule has 0 aliphatic carbocycles. The molecule has 1 N–H and O–H groups in total. The third-order valence-corrected chi connectivity index (χ3v) is 5.54. The lowest BCUT2D eigenvalue weighted by atomic mass is 9.77. The monoisotopic (exact) mass is 413 g/mol. The highest BCUT2D eigenvalue weighted by molar-refractivity contribution is 6.37. The molecular weight excluding hydrogens is 390 g/mol. The minimum Gasteiger partial charge on any atom is -0.493 e. The van der Waals surface area contributed by atoms with Crippen LogP contribution in [0.5, 0.6) is 17.2 Å². The largest absolute Gasteiger partial charge is 0.493 e. The molecule has 8 heteroatoms. The van der Waals surface area contributed by atoms with Crippen LogP contribution in [0.2, 0.25) is 0 Å². The molecule has 0 bridgehead atoms. The van der Waals surface area contributed by atoms with Crippen LogP contribution in [-0.2, 0) is 14.4 Å². The summed E-state index contributed by atoms with van der Waals surface area (Å²) in [7, 11) is 4.34. The van der Waals surface area contributed by atoms with E-state index in [0.717, 1.165) is 0 Å². The molecular formula is C22H23NO7. The van der Waals surface area contributed by atoms with Crippen molar-refractivity contribution in [3.63, 3.8) is 0 Å². The molecule has 1 unspecified atom stereocenters. The van der Waals surface area contributed by atoms with Crippen LogP contribution < -0.4 is 19.1 Å². The smallest absolute Gasteiger partial charge is 0.338 e. The van der Waals surface area contributed by atoms with E-state index in [1.165, 1.54) is 26.2 Å². The van der Waals surface area contributed by atoms with Crippen molar-refractivity contribution in [2.45, 2.75) is 17.9 Å². The van der Waals surface area contributed by atoms with Crippen molar-refractivity contribution in [3.05, 3.63) is 48.0 Å². The van der Waals surface area contributed by atoms with Crippen molar-refractivity contribution in [3.8, 4) is 17.2 Å². The summed E-state index contributed by atoms with van der Waals surface area (Å²) < 4.78 is 16.1. The first-order valence-corrected chi connectivity index (χ1v) is 9.31. The number of aldehydes is 1. The van der Waals surface area contributed by atoms with Gasteiger partial charge >= 0.3 is 5.97 Å². The Morgan fingerprint density at radius 1 is 1.07 bits per heavy atom. The van der Waals surface area contributed by atoms with E-state index in [9.17, 15) is 19.5 Å². The lowest BCUT2D eigenvalue weighted by molar-refractivity contribution is -0.150. The molecule has 2 aromatic rings. The Bertz CT molecular complexity index is 934. The SMILES string of the molecule is COc1cc(N2CCC(c3ccccc3)[C@@]2(C(=O)O)C(=O)C=O)cc(OC)c1OC. The number of rotatable bonds is 8. The van der Waals surface area contributed by atoms with Crippen LogP contribution in [0.1, 0.15) is 17.9 Å². The minimum absolute atomic E-state index is 0.0837. The first-order valence-electron chi connectivity index (χ1n) is 9.31. The van der Waals surface area contributed by atoms with E-state index in [2.05, 4.69) is 0 Å². The standard InChI is InChI=1S/C22H23NO7/c1-28-17-11-15(12-18(29-2)20(17)30-3)23-10-9-16(14-7-5-4-6-8-14)22(23,21(26)27)19(25)13-24/h4-8,11-13,16H,9-10H2,1-3H3,(H,26,27)/t16?,22-/m0/s1. The number of methoxy groups -OCH3 is 3. The Balaban J connectivity index is 2.25. The normalized spacial score (nSPS) is 20.5. The van der Waals surface area contributed by atoms with Gasteiger partial charge < -0.3 is 24.2 Å². The second kappa shape index (κ2) is 8.44. The molecule has 0 saturated carbocycles.